The van der Waals surface area contributed by atoms with Gasteiger partial charge in [0.1, 0.15) is 5.52 Å². The molecular weight excluding hydrogens is 314 g/mol. The van der Waals surface area contributed by atoms with Crippen molar-refractivity contribution in [2.75, 3.05) is 5.32 Å². The van der Waals surface area contributed by atoms with Crippen molar-refractivity contribution in [3.63, 3.8) is 0 Å². The maximum absolute atomic E-state index is 12.7. The van der Waals surface area contributed by atoms with Gasteiger partial charge in [-0.3, -0.25) is 0 Å². The van der Waals surface area contributed by atoms with E-state index < -0.39 is 6.43 Å². The Kier molecular flexibility index (Phi) is 4.03. The van der Waals surface area contributed by atoms with E-state index in [1.165, 1.54) is 23.5 Å². The summed E-state index contributed by atoms with van der Waals surface area (Å²) < 4.78 is 26.4. The molecular formula is C15H11ClF2N2S. The average molecular weight is 325 g/mol. The third-order valence-corrected chi connectivity index (χ3v) is 4.23. The summed E-state index contributed by atoms with van der Waals surface area (Å²) in [7, 11) is 0. The molecule has 0 aliphatic carbocycles. The molecule has 0 atom stereocenters. The number of anilines is 1. The van der Waals surface area contributed by atoms with Gasteiger partial charge in [0.25, 0.3) is 6.43 Å². The Hall–Kier alpha value is -1.72. The van der Waals surface area contributed by atoms with Gasteiger partial charge in [-0.05, 0) is 23.8 Å². The Morgan fingerprint density at radius 2 is 2.10 bits per heavy atom. The van der Waals surface area contributed by atoms with E-state index in [0.717, 1.165) is 21.5 Å². The van der Waals surface area contributed by atoms with Crippen molar-refractivity contribution in [3.8, 4) is 0 Å². The van der Waals surface area contributed by atoms with E-state index in [1.54, 1.807) is 23.7 Å². The minimum Gasteiger partial charge on any atom is -0.378 e. The van der Waals surface area contributed by atoms with E-state index in [4.69, 9.17) is 11.6 Å². The van der Waals surface area contributed by atoms with E-state index in [2.05, 4.69) is 10.3 Å². The number of alkyl halides is 2. The molecule has 2 nitrogen and oxygen atoms in total. The summed E-state index contributed by atoms with van der Waals surface area (Å²) in [5.74, 6) is 0. The minimum absolute atomic E-state index is 0.0206. The van der Waals surface area contributed by atoms with Crippen LogP contribution in [0.5, 0.6) is 0 Å². The number of hydrogen-bond donors (Lipinski definition) is 1. The molecule has 0 radical (unpaired) electrons. The largest absolute Gasteiger partial charge is 0.378 e. The normalized spacial score (nSPS) is 11.2. The molecule has 0 amide bonds. The fourth-order valence-corrected chi connectivity index (χ4v) is 3.01. The number of benzene rings is 2. The van der Waals surface area contributed by atoms with Crippen LogP contribution in [0.1, 0.15) is 17.6 Å². The average Bonchev–Trinajstić information content (AvgIpc) is 2.95. The van der Waals surface area contributed by atoms with Crippen molar-refractivity contribution in [1.82, 2.24) is 4.98 Å². The Bertz CT molecular complexity index is 773. The lowest BCUT2D eigenvalue weighted by Gasteiger charge is -2.10. The monoisotopic (exact) mass is 324 g/mol. The highest BCUT2D eigenvalue weighted by molar-refractivity contribution is 7.16. The zero-order chi connectivity index (χ0) is 14.8. The number of aromatic nitrogens is 1. The standard InChI is InChI=1S/C15H11ClF2N2S/c16-11-4-5-12-14(20-8-21-12)13(11)19-7-9-2-1-3-10(6-9)15(17)18/h1-6,8,15,19H,7H2. The van der Waals surface area contributed by atoms with Crippen molar-refractivity contribution in [2.24, 2.45) is 0 Å². The molecule has 0 fully saturated rings. The van der Waals surface area contributed by atoms with Crippen LogP contribution in [-0.4, -0.2) is 4.98 Å². The van der Waals surface area contributed by atoms with E-state index in [1.807, 2.05) is 6.07 Å². The van der Waals surface area contributed by atoms with E-state index in [-0.39, 0.29) is 5.56 Å². The molecule has 108 valence electrons. The molecule has 3 rings (SSSR count). The number of hydrogen-bond acceptors (Lipinski definition) is 3. The molecule has 1 N–H and O–H groups in total. The third kappa shape index (κ3) is 2.99. The molecule has 3 aromatic rings. The third-order valence-electron chi connectivity index (χ3n) is 3.12. The summed E-state index contributed by atoms with van der Waals surface area (Å²) in [6.45, 7) is 0.414. The summed E-state index contributed by atoms with van der Waals surface area (Å²) in [6, 6.07) is 10.1. The summed E-state index contributed by atoms with van der Waals surface area (Å²) in [5, 5.41) is 3.76. The molecule has 1 aromatic heterocycles. The van der Waals surface area contributed by atoms with Crippen molar-refractivity contribution in [3.05, 3.63) is 58.1 Å². The first kappa shape index (κ1) is 14.2. The fraction of sp³-hybridized carbons (Fsp3) is 0.133. The van der Waals surface area contributed by atoms with Crippen LogP contribution < -0.4 is 5.32 Å². The summed E-state index contributed by atoms with van der Waals surface area (Å²) in [4.78, 5) is 4.29. The first-order valence-electron chi connectivity index (χ1n) is 6.27. The molecule has 0 aliphatic heterocycles. The van der Waals surface area contributed by atoms with Crippen molar-refractivity contribution in [2.45, 2.75) is 13.0 Å². The lowest BCUT2D eigenvalue weighted by Crippen LogP contribution is -2.01. The van der Waals surface area contributed by atoms with Gasteiger partial charge in [0.2, 0.25) is 0 Å². The number of halogens is 3. The van der Waals surface area contributed by atoms with Crippen LogP contribution in [0.25, 0.3) is 10.2 Å². The van der Waals surface area contributed by atoms with Gasteiger partial charge in [-0.2, -0.15) is 0 Å². The van der Waals surface area contributed by atoms with Crippen molar-refractivity contribution >= 4 is 38.8 Å². The molecule has 0 unspecified atom stereocenters. The number of rotatable bonds is 4. The van der Waals surface area contributed by atoms with E-state index >= 15 is 0 Å². The number of fused-ring (bicyclic) bond motifs is 1. The summed E-state index contributed by atoms with van der Waals surface area (Å²) in [5.41, 5.74) is 4.09. The topological polar surface area (TPSA) is 24.9 Å². The van der Waals surface area contributed by atoms with Gasteiger partial charge in [-0.25, -0.2) is 13.8 Å². The molecule has 21 heavy (non-hydrogen) atoms. The molecule has 0 saturated heterocycles. The Morgan fingerprint density at radius 1 is 1.24 bits per heavy atom. The highest BCUT2D eigenvalue weighted by Crippen LogP contribution is 2.32. The number of thiazole rings is 1. The predicted octanol–water partition coefficient (Wildman–Crippen LogP) is 5.50. The summed E-state index contributed by atoms with van der Waals surface area (Å²) in [6.07, 6.45) is -2.46. The van der Waals surface area contributed by atoms with Gasteiger partial charge in [0, 0.05) is 12.1 Å². The van der Waals surface area contributed by atoms with Crippen LogP contribution in [0.3, 0.4) is 0 Å². The van der Waals surface area contributed by atoms with Crippen LogP contribution in [0.15, 0.2) is 41.9 Å². The zero-order valence-corrected chi connectivity index (χ0v) is 12.4. The highest BCUT2D eigenvalue weighted by atomic mass is 35.5. The maximum Gasteiger partial charge on any atom is 0.263 e. The number of nitrogens with one attached hydrogen (secondary N) is 1. The van der Waals surface area contributed by atoms with Gasteiger partial charge in [0.05, 0.1) is 20.9 Å². The molecule has 2 aromatic carbocycles. The van der Waals surface area contributed by atoms with Crippen LogP contribution in [0, 0.1) is 0 Å². The second-order valence-electron chi connectivity index (χ2n) is 4.52. The first-order chi connectivity index (χ1) is 10.1. The predicted molar refractivity (Wildman–Crippen MR) is 83.4 cm³/mol. The van der Waals surface area contributed by atoms with Gasteiger partial charge in [-0.15, -0.1) is 11.3 Å². The Balaban J connectivity index is 1.85. The van der Waals surface area contributed by atoms with Crippen LogP contribution in [0.4, 0.5) is 14.5 Å². The van der Waals surface area contributed by atoms with Crippen molar-refractivity contribution < 1.29 is 8.78 Å². The molecule has 6 heteroatoms. The molecule has 0 saturated carbocycles. The molecule has 0 bridgehead atoms. The molecule has 0 spiro atoms. The van der Waals surface area contributed by atoms with Gasteiger partial charge < -0.3 is 5.32 Å². The van der Waals surface area contributed by atoms with E-state index in [9.17, 15) is 8.78 Å². The SMILES string of the molecule is FC(F)c1cccc(CNc2c(Cl)ccc3scnc23)c1. The lowest BCUT2D eigenvalue weighted by atomic mass is 10.1. The van der Waals surface area contributed by atoms with Gasteiger partial charge in [0.15, 0.2) is 0 Å². The molecule has 0 aliphatic rings. The quantitative estimate of drug-likeness (QED) is 0.685. The van der Waals surface area contributed by atoms with Crippen molar-refractivity contribution in [1.29, 1.82) is 0 Å². The van der Waals surface area contributed by atoms with Gasteiger partial charge in [-0.1, -0.05) is 29.8 Å². The maximum atomic E-state index is 12.7. The van der Waals surface area contributed by atoms with Gasteiger partial charge >= 0.3 is 0 Å². The Morgan fingerprint density at radius 3 is 2.90 bits per heavy atom. The van der Waals surface area contributed by atoms with E-state index in [0.29, 0.717) is 11.6 Å². The van der Waals surface area contributed by atoms with Crippen LogP contribution >= 0.6 is 22.9 Å². The minimum atomic E-state index is -2.46. The van der Waals surface area contributed by atoms with Crippen LogP contribution in [0.2, 0.25) is 5.02 Å². The second-order valence-corrected chi connectivity index (χ2v) is 5.81. The molecule has 1 heterocycles. The smallest absolute Gasteiger partial charge is 0.263 e. The second kappa shape index (κ2) is 5.95. The fourth-order valence-electron chi connectivity index (χ4n) is 2.10. The summed E-state index contributed by atoms with van der Waals surface area (Å²) >= 11 is 7.72. The lowest BCUT2D eigenvalue weighted by molar-refractivity contribution is 0.151. The Labute approximate surface area is 129 Å². The van der Waals surface area contributed by atoms with Crippen LogP contribution in [-0.2, 0) is 6.54 Å². The number of nitrogens with zero attached hydrogens (tertiary/aromatic N) is 1. The zero-order valence-electron chi connectivity index (χ0n) is 10.8. The first-order valence-corrected chi connectivity index (χ1v) is 7.53. The highest BCUT2D eigenvalue weighted by Gasteiger charge is 2.10.